The van der Waals surface area contributed by atoms with Gasteiger partial charge in [0.25, 0.3) is 0 Å². The van der Waals surface area contributed by atoms with Gasteiger partial charge >= 0.3 is 6.18 Å². The Bertz CT molecular complexity index is 1080. The Morgan fingerprint density at radius 1 is 1.00 bits per heavy atom. The molecular weight excluding hydrogens is 469 g/mol. The van der Waals surface area contributed by atoms with Crippen LogP contribution < -0.4 is 24.8 Å². The van der Waals surface area contributed by atoms with E-state index in [2.05, 4.69) is 33.8 Å². The fourth-order valence-electron chi connectivity index (χ4n) is 2.86. The molecule has 2 aromatic rings. The highest BCUT2D eigenvalue weighted by atomic mass is 19.4. The van der Waals surface area contributed by atoms with Crippen LogP contribution in [0, 0.1) is 0 Å². The summed E-state index contributed by atoms with van der Waals surface area (Å²) >= 11 is 0. The number of methoxy groups -OCH3 is 5. The average molecular weight is 496 g/mol. The first-order valence-electron chi connectivity index (χ1n) is 9.99. The molecule has 0 radical (unpaired) electrons. The lowest BCUT2D eigenvalue weighted by atomic mass is 10.2. The summed E-state index contributed by atoms with van der Waals surface area (Å²) < 4.78 is 66.8. The minimum atomic E-state index is -4.70. The van der Waals surface area contributed by atoms with Crippen LogP contribution in [0.15, 0.2) is 54.7 Å². The summed E-state index contributed by atoms with van der Waals surface area (Å²) in [5.74, 6) is 0.952. The molecule has 0 atom stereocenters. The van der Waals surface area contributed by atoms with Crippen molar-refractivity contribution in [2.45, 2.75) is 6.18 Å². The lowest BCUT2D eigenvalue weighted by Crippen LogP contribution is -2.16. The van der Waals surface area contributed by atoms with Gasteiger partial charge in [-0.25, -0.2) is 4.98 Å². The summed E-state index contributed by atoms with van der Waals surface area (Å²) in [6, 6.07) is 3.13. The number of aromatic nitrogens is 2. The van der Waals surface area contributed by atoms with Crippen LogP contribution in [0.1, 0.15) is 5.56 Å². The van der Waals surface area contributed by atoms with Crippen LogP contribution in [0.2, 0.25) is 0 Å². The smallest absolute Gasteiger partial charge is 0.421 e. The Balaban J connectivity index is 2.43. The van der Waals surface area contributed by atoms with E-state index in [9.17, 15) is 13.2 Å². The second-order valence-corrected chi connectivity index (χ2v) is 6.81. The highest BCUT2D eigenvalue weighted by molar-refractivity contribution is 5.66. The predicted octanol–water partition coefficient (Wildman–Crippen LogP) is 4.92. The highest BCUT2D eigenvalue weighted by Gasteiger charge is 2.35. The van der Waals surface area contributed by atoms with Gasteiger partial charge in [-0.2, -0.15) is 18.2 Å². The minimum absolute atomic E-state index is 0.104. The molecular formula is C23H27F3N4O5. The molecule has 0 spiro atoms. The van der Waals surface area contributed by atoms with Crippen molar-refractivity contribution in [3.05, 3.63) is 60.2 Å². The molecule has 9 nitrogen and oxygen atoms in total. The van der Waals surface area contributed by atoms with Crippen LogP contribution in [0.3, 0.4) is 0 Å². The fourth-order valence-corrected chi connectivity index (χ4v) is 2.86. The number of alkyl halides is 3. The number of hydrogen-bond donors (Lipinski definition) is 2. The Morgan fingerprint density at radius 3 is 2.11 bits per heavy atom. The standard InChI is InChI=1S/C23H27F3N4O5/c1-13(31-3)8-15(14(2)32-4)11-27-21-17(23(24,25)26)12-28-22(30-21)29-16-9-18(33-5)20(35-7)19(10-16)34-6/h8-10,12H,1-2,11H2,3-7H3,(H2,27,28,29,30)/b15-8-. The average Bonchev–Trinajstić information content (AvgIpc) is 2.84. The van der Waals surface area contributed by atoms with Crippen LogP contribution in [0.25, 0.3) is 0 Å². The molecule has 2 N–H and O–H groups in total. The molecule has 0 saturated heterocycles. The van der Waals surface area contributed by atoms with Gasteiger partial charge in [0.1, 0.15) is 22.9 Å². The van der Waals surface area contributed by atoms with E-state index >= 15 is 0 Å². The van der Waals surface area contributed by atoms with Crippen molar-refractivity contribution in [1.82, 2.24) is 9.97 Å². The molecule has 0 aliphatic carbocycles. The minimum Gasteiger partial charge on any atom is -0.497 e. The van der Waals surface area contributed by atoms with Crippen LogP contribution in [0.4, 0.5) is 30.6 Å². The van der Waals surface area contributed by atoms with E-state index in [0.717, 1.165) is 0 Å². The van der Waals surface area contributed by atoms with Gasteiger partial charge in [0.05, 0.1) is 35.5 Å². The second kappa shape index (κ2) is 11.9. The Kier molecular flexibility index (Phi) is 9.20. The summed E-state index contributed by atoms with van der Waals surface area (Å²) in [4.78, 5) is 7.84. The summed E-state index contributed by atoms with van der Waals surface area (Å²) in [6.07, 6.45) is -2.54. The van der Waals surface area contributed by atoms with Gasteiger partial charge in [-0.3, -0.25) is 0 Å². The van der Waals surface area contributed by atoms with E-state index in [1.807, 2.05) is 0 Å². The van der Waals surface area contributed by atoms with Crippen molar-refractivity contribution < 1.29 is 36.9 Å². The van der Waals surface area contributed by atoms with Gasteiger partial charge < -0.3 is 34.3 Å². The first kappa shape index (κ1) is 27.2. The second-order valence-electron chi connectivity index (χ2n) is 6.81. The maximum Gasteiger partial charge on any atom is 0.421 e. The lowest BCUT2D eigenvalue weighted by molar-refractivity contribution is -0.137. The van der Waals surface area contributed by atoms with Gasteiger partial charge in [-0.05, 0) is 6.08 Å². The van der Waals surface area contributed by atoms with Crippen molar-refractivity contribution in [1.29, 1.82) is 0 Å². The van der Waals surface area contributed by atoms with Crippen molar-refractivity contribution >= 4 is 17.5 Å². The molecule has 0 bridgehead atoms. The molecule has 0 saturated carbocycles. The number of rotatable bonds is 12. The molecule has 0 unspecified atom stereocenters. The molecule has 0 aliphatic rings. The number of halogens is 3. The van der Waals surface area contributed by atoms with E-state index in [-0.39, 0.29) is 24.0 Å². The Morgan fingerprint density at radius 2 is 1.63 bits per heavy atom. The van der Waals surface area contributed by atoms with Crippen LogP contribution in [-0.2, 0) is 15.7 Å². The van der Waals surface area contributed by atoms with Crippen LogP contribution in [0.5, 0.6) is 17.2 Å². The lowest BCUT2D eigenvalue weighted by Gasteiger charge is -2.17. The molecule has 0 aliphatic heterocycles. The fraction of sp³-hybridized carbons (Fsp3) is 0.304. The van der Waals surface area contributed by atoms with E-state index in [1.165, 1.54) is 41.6 Å². The van der Waals surface area contributed by atoms with Gasteiger partial charge in [0.2, 0.25) is 11.7 Å². The molecule has 1 heterocycles. The number of hydrogen-bond acceptors (Lipinski definition) is 9. The quantitative estimate of drug-likeness (QED) is 0.313. The third-order valence-corrected chi connectivity index (χ3v) is 4.66. The number of benzene rings is 1. The van der Waals surface area contributed by atoms with E-state index in [1.54, 1.807) is 12.1 Å². The molecule has 190 valence electrons. The topological polar surface area (TPSA) is 96.0 Å². The first-order valence-corrected chi connectivity index (χ1v) is 9.99. The van der Waals surface area contributed by atoms with Crippen molar-refractivity contribution in [2.75, 3.05) is 52.7 Å². The molecule has 35 heavy (non-hydrogen) atoms. The summed E-state index contributed by atoms with van der Waals surface area (Å²) in [5.41, 5.74) is -0.249. The number of ether oxygens (including phenoxy) is 5. The third-order valence-electron chi connectivity index (χ3n) is 4.66. The predicted molar refractivity (Wildman–Crippen MR) is 125 cm³/mol. The van der Waals surface area contributed by atoms with Crippen LogP contribution >= 0.6 is 0 Å². The normalized spacial score (nSPS) is 11.4. The molecule has 2 rings (SSSR count). The number of anilines is 3. The summed E-state index contributed by atoms with van der Waals surface area (Å²) in [6.45, 7) is 7.30. The zero-order chi connectivity index (χ0) is 26.2. The summed E-state index contributed by atoms with van der Waals surface area (Å²) in [7, 11) is 7.13. The highest BCUT2D eigenvalue weighted by Crippen LogP contribution is 2.41. The zero-order valence-electron chi connectivity index (χ0n) is 20.0. The number of nitrogens with zero attached hydrogens (tertiary/aromatic N) is 2. The summed E-state index contributed by atoms with van der Waals surface area (Å²) in [5, 5.41) is 5.52. The van der Waals surface area contributed by atoms with Gasteiger partial charge in [-0.15, -0.1) is 0 Å². The van der Waals surface area contributed by atoms with Crippen LogP contribution in [-0.4, -0.2) is 52.1 Å². The maximum atomic E-state index is 13.6. The Labute approximate surface area is 201 Å². The van der Waals surface area contributed by atoms with E-state index in [0.29, 0.717) is 34.7 Å². The first-order chi connectivity index (χ1) is 16.6. The van der Waals surface area contributed by atoms with Gasteiger partial charge in [0.15, 0.2) is 11.5 Å². The SMILES string of the molecule is C=C(/C=C(/CNc1nc(Nc2cc(OC)c(OC)c(OC)c2)ncc1C(F)(F)F)C(=C)OC)OC. The molecule has 0 fully saturated rings. The molecule has 1 aromatic carbocycles. The number of nitrogens with one attached hydrogen (secondary N) is 2. The van der Waals surface area contributed by atoms with Crippen molar-refractivity contribution in [3.8, 4) is 17.2 Å². The van der Waals surface area contributed by atoms with E-state index < -0.39 is 17.6 Å². The van der Waals surface area contributed by atoms with Crippen molar-refractivity contribution in [2.24, 2.45) is 0 Å². The zero-order valence-corrected chi connectivity index (χ0v) is 20.0. The third kappa shape index (κ3) is 6.95. The molecule has 1 aromatic heterocycles. The maximum absolute atomic E-state index is 13.6. The largest absolute Gasteiger partial charge is 0.497 e. The van der Waals surface area contributed by atoms with Gasteiger partial charge in [-0.1, -0.05) is 13.2 Å². The van der Waals surface area contributed by atoms with Gasteiger partial charge in [0, 0.05) is 36.1 Å². The molecule has 0 amide bonds. The van der Waals surface area contributed by atoms with Crippen molar-refractivity contribution in [3.63, 3.8) is 0 Å². The van der Waals surface area contributed by atoms with E-state index in [4.69, 9.17) is 23.7 Å². The number of allylic oxidation sites excluding steroid dienone is 1. The monoisotopic (exact) mass is 496 g/mol. The molecule has 12 heteroatoms. The Hall–Kier alpha value is -4.09.